The van der Waals surface area contributed by atoms with Crippen LogP contribution in [0.4, 0.5) is 0 Å². The van der Waals surface area contributed by atoms with Crippen LogP contribution in [0.2, 0.25) is 0 Å². The number of rotatable bonds is 2. The molecular formula is C28H22N2OS. The van der Waals surface area contributed by atoms with Crippen LogP contribution in [-0.2, 0) is 9.73 Å². The SMILES string of the molecule is CC1=Cc2cc(-c3ccc4c(c3)c3ccccc3n4-c3ccccc3)ccc2S(C)(=O)=N1. The van der Waals surface area contributed by atoms with E-state index in [0.29, 0.717) is 0 Å². The molecule has 0 aliphatic carbocycles. The second-order valence-electron chi connectivity index (χ2n) is 8.35. The highest BCUT2D eigenvalue weighted by Gasteiger charge is 2.17. The molecule has 1 aliphatic rings. The van der Waals surface area contributed by atoms with E-state index in [2.05, 4.69) is 87.8 Å². The summed E-state index contributed by atoms with van der Waals surface area (Å²) in [5.41, 5.74) is 7.60. The van der Waals surface area contributed by atoms with Gasteiger partial charge < -0.3 is 4.57 Å². The Balaban J connectivity index is 1.58. The molecule has 4 aromatic carbocycles. The van der Waals surface area contributed by atoms with E-state index in [-0.39, 0.29) is 0 Å². The molecule has 0 spiro atoms. The number of hydrogen-bond acceptors (Lipinski definition) is 2. The van der Waals surface area contributed by atoms with Gasteiger partial charge >= 0.3 is 0 Å². The lowest BCUT2D eigenvalue weighted by molar-refractivity contribution is 0.679. The molecule has 0 amide bonds. The van der Waals surface area contributed by atoms with Gasteiger partial charge in [0.1, 0.15) is 0 Å². The average molecular weight is 435 g/mol. The van der Waals surface area contributed by atoms with Crippen molar-refractivity contribution in [1.29, 1.82) is 0 Å². The van der Waals surface area contributed by atoms with Crippen molar-refractivity contribution in [2.75, 3.05) is 6.26 Å². The first-order valence-corrected chi connectivity index (χ1v) is 12.6. The smallest absolute Gasteiger partial charge is 0.0774 e. The lowest BCUT2D eigenvalue weighted by Gasteiger charge is -2.15. The maximum absolute atomic E-state index is 12.9. The summed E-state index contributed by atoms with van der Waals surface area (Å²) in [6.45, 7) is 1.91. The molecule has 1 aliphatic heterocycles. The first-order valence-electron chi connectivity index (χ1n) is 10.6. The Labute approximate surface area is 187 Å². The number of nitrogens with zero attached hydrogens (tertiary/aromatic N) is 2. The van der Waals surface area contributed by atoms with Gasteiger partial charge in [-0.25, -0.2) is 8.57 Å². The molecule has 0 N–H and O–H groups in total. The van der Waals surface area contributed by atoms with Gasteiger partial charge in [-0.15, -0.1) is 0 Å². The zero-order valence-corrected chi connectivity index (χ0v) is 18.8. The summed E-state index contributed by atoms with van der Waals surface area (Å²) in [6, 6.07) is 31.8. The Bertz CT molecular complexity index is 1680. The van der Waals surface area contributed by atoms with E-state index in [1.807, 2.05) is 25.1 Å². The Hall–Kier alpha value is -3.63. The van der Waals surface area contributed by atoms with Gasteiger partial charge in [-0.05, 0) is 72.2 Å². The van der Waals surface area contributed by atoms with Crippen LogP contribution in [0.5, 0.6) is 0 Å². The van der Waals surface area contributed by atoms with Crippen LogP contribution >= 0.6 is 0 Å². The van der Waals surface area contributed by atoms with Crippen LogP contribution in [0, 0.1) is 0 Å². The third kappa shape index (κ3) is 2.91. The van der Waals surface area contributed by atoms with Gasteiger partial charge in [0, 0.05) is 28.4 Å². The molecular weight excluding hydrogens is 412 g/mol. The van der Waals surface area contributed by atoms with E-state index in [1.54, 1.807) is 6.26 Å². The van der Waals surface area contributed by atoms with Crippen LogP contribution in [0.1, 0.15) is 12.5 Å². The molecule has 5 aromatic rings. The summed E-state index contributed by atoms with van der Waals surface area (Å²) in [7, 11) is -2.38. The number of fused-ring (bicyclic) bond motifs is 4. The molecule has 1 unspecified atom stereocenters. The predicted molar refractivity (Wildman–Crippen MR) is 135 cm³/mol. The predicted octanol–water partition coefficient (Wildman–Crippen LogP) is 7.28. The third-order valence-electron chi connectivity index (χ3n) is 6.12. The molecule has 1 atom stereocenters. The van der Waals surface area contributed by atoms with Crippen LogP contribution in [-0.4, -0.2) is 15.0 Å². The molecule has 4 heteroatoms. The highest BCUT2D eigenvalue weighted by molar-refractivity contribution is 7.93. The first-order chi connectivity index (χ1) is 15.5. The van der Waals surface area contributed by atoms with Crippen molar-refractivity contribution in [1.82, 2.24) is 4.57 Å². The summed E-state index contributed by atoms with van der Waals surface area (Å²) in [5, 5.41) is 2.46. The van der Waals surface area contributed by atoms with Gasteiger partial charge in [-0.2, -0.15) is 0 Å². The lowest BCUT2D eigenvalue weighted by Crippen LogP contribution is -2.04. The Morgan fingerprint density at radius 3 is 2.28 bits per heavy atom. The van der Waals surface area contributed by atoms with Crippen molar-refractivity contribution in [3.05, 3.63) is 102 Å². The number of allylic oxidation sites excluding steroid dienone is 1. The summed E-state index contributed by atoms with van der Waals surface area (Å²) >= 11 is 0. The quantitative estimate of drug-likeness (QED) is 0.287. The minimum Gasteiger partial charge on any atom is -0.309 e. The molecule has 0 fully saturated rings. The number of hydrogen-bond donors (Lipinski definition) is 0. The van der Waals surface area contributed by atoms with Gasteiger partial charge in [-0.1, -0.05) is 48.5 Å². The van der Waals surface area contributed by atoms with Gasteiger partial charge in [-0.3, -0.25) is 0 Å². The number of para-hydroxylation sites is 2. The molecule has 3 nitrogen and oxygen atoms in total. The third-order valence-corrected chi connectivity index (χ3v) is 7.94. The van der Waals surface area contributed by atoms with Crippen molar-refractivity contribution in [3.63, 3.8) is 0 Å². The van der Waals surface area contributed by atoms with Crippen LogP contribution < -0.4 is 0 Å². The summed E-state index contributed by atoms with van der Waals surface area (Å²) in [5.74, 6) is 0. The fourth-order valence-corrected chi connectivity index (χ4v) is 6.35. The molecule has 0 saturated heterocycles. The fraction of sp³-hybridized carbons (Fsp3) is 0.0714. The number of aromatic nitrogens is 1. The van der Waals surface area contributed by atoms with Crippen molar-refractivity contribution in [2.45, 2.75) is 11.8 Å². The molecule has 32 heavy (non-hydrogen) atoms. The monoisotopic (exact) mass is 434 g/mol. The van der Waals surface area contributed by atoms with Crippen LogP contribution in [0.3, 0.4) is 0 Å². The van der Waals surface area contributed by atoms with E-state index >= 15 is 0 Å². The number of benzene rings is 4. The lowest BCUT2D eigenvalue weighted by atomic mass is 10.0. The molecule has 0 bridgehead atoms. The standard InChI is InChI=1S/C28H22N2OS/c1-19-16-22-17-20(13-15-28(22)32(2,31)29-19)21-12-14-27-25(18-21)24-10-6-7-11-26(24)30(27)23-8-4-3-5-9-23/h3-18H,1-2H3. The molecule has 156 valence electrons. The topological polar surface area (TPSA) is 34.4 Å². The zero-order valence-electron chi connectivity index (χ0n) is 17.9. The Morgan fingerprint density at radius 2 is 1.44 bits per heavy atom. The Kier molecular flexibility index (Phi) is 4.14. The van der Waals surface area contributed by atoms with E-state index in [9.17, 15) is 4.21 Å². The van der Waals surface area contributed by atoms with E-state index < -0.39 is 9.73 Å². The highest BCUT2D eigenvalue weighted by Crippen LogP contribution is 2.36. The maximum Gasteiger partial charge on any atom is 0.0774 e. The normalized spacial score (nSPS) is 17.8. The molecule has 1 aromatic heterocycles. The molecule has 0 saturated carbocycles. The van der Waals surface area contributed by atoms with Gasteiger partial charge in [0.15, 0.2) is 0 Å². The van der Waals surface area contributed by atoms with Crippen molar-refractivity contribution >= 4 is 37.6 Å². The zero-order chi connectivity index (χ0) is 21.9. The summed E-state index contributed by atoms with van der Waals surface area (Å²) in [4.78, 5) is 0.814. The van der Waals surface area contributed by atoms with Gasteiger partial charge in [0.25, 0.3) is 0 Å². The van der Waals surface area contributed by atoms with Crippen molar-refractivity contribution < 1.29 is 4.21 Å². The highest BCUT2D eigenvalue weighted by atomic mass is 32.2. The largest absolute Gasteiger partial charge is 0.309 e. The summed E-state index contributed by atoms with van der Waals surface area (Å²) < 4.78 is 19.6. The fourth-order valence-electron chi connectivity index (χ4n) is 4.77. The minimum atomic E-state index is -2.38. The minimum absolute atomic E-state index is 0.809. The second kappa shape index (κ2) is 6.94. The van der Waals surface area contributed by atoms with Gasteiger partial charge in [0.2, 0.25) is 0 Å². The molecule has 2 heterocycles. The maximum atomic E-state index is 12.9. The van der Waals surface area contributed by atoms with Crippen molar-refractivity contribution in [3.8, 4) is 16.8 Å². The van der Waals surface area contributed by atoms with E-state index in [4.69, 9.17) is 0 Å². The van der Waals surface area contributed by atoms with Gasteiger partial charge in [0.05, 0.1) is 25.7 Å². The average Bonchev–Trinajstić information content (AvgIpc) is 3.12. The first kappa shape index (κ1) is 19.1. The van der Waals surface area contributed by atoms with E-state index in [1.165, 1.54) is 21.8 Å². The second-order valence-corrected chi connectivity index (χ2v) is 10.6. The molecule has 0 radical (unpaired) electrons. The van der Waals surface area contributed by atoms with Crippen molar-refractivity contribution in [2.24, 2.45) is 4.36 Å². The van der Waals surface area contributed by atoms with Crippen LogP contribution in [0.25, 0.3) is 44.7 Å². The Morgan fingerprint density at radius 1 is 0.750 bits per heavy atom. The molecule has 6 rings (SSSR count). The van der Waals surface area contributed by atoms with E-state index in [0.717, 1.165) is 33.0 Å². The summed E-state index contributed by atoms with van der Waals surface area (Å²) in [6.07, 6.45) is 3.73. The van der Waals surface area contributed by atoms with Crippen LogP contribution in [0.15, 0.2) is 106 Å².